The number of benzene rings is 1. The Labute approximate surface area is 116 Å². The molecule has 0 aliphatic heterocycles. The molecule has 0 radical (unpaired) electrons. The Kier molecular flexibility index (Phi) is 3.80. The Balaban J connectivity index is 2.36. The van der Waals surface area contributed by atoms with Gasteiger partial charge in [-0.25, -0.2) is 4.98 Å². The van der Waals surface area contributed by atoms with E-state index in [-0.39, 0.29) is 0 Å². The van der Waals surface area contributed by atoms with Crippen LogP contribution in [-0.4, -0.2) is 16.1 Å². The van der Waals surface area contributed by atoms with E-state index >= 15 is 0 Å². The normalized spacial score (nSPS) is 11.9. The maximum absolute atomic E-state index is 11.5. The van der Waals surface area contributed by atoms with Crippen molar-refractivity contribution in [2.75, 3.05) is 0 Å². The van der Waals surface area contributed by atoms with Crippen LogP contribution in [0.15, 0.2) is 22.6 Å². The van der Waals surface area contributed by atoms with Gasteiger partial charge in [-0.1, -0.05) is 25.4 Å². The van der Waals surface area contributed by atoms with Crippen LogP contribution in [0, 0.1) is 5.41 Å². The van der Waals surface area contributed by atoms with Crippen LogP contribution in [0.3, 0.4) is 0 Å². The van der Waals surface area contributed by atoms with Crippen molar-refractivity contribution in [2.24, 2.45) is 5.41 Å². The molecule has 0 spiro atoms. The number of aromatic nitrogens is 1. The molecule has 0 saturated carbocycles. The number of aliphatic carboxylic acids is 1. The molecule has 0 aliphatic rings. The monoisotopic (exact) mass is 281 g/mol. The van der Waals surface area contributed by atoms with Crippen molar-refractivity contribution in [3.05, 3.63) is 29.1 Å². The highest BCUT2D eigenvalue weighted by atomic mass is 35.5. The molecule has 1 aromatic heterocycles. The second kappa shape index (κ2) is 5.21. The van der Waals surface area contributed by atoms with E-state index in [1.807, 2.05) is 13.8 Å². The van der Waals surface area contributed by atoms with Gasteiger partial charge in [0.1, 0.15) is 5.52 Å². The van der Waals surface area contributed by atoms with Crippen LogP contribution in [0.2, 0.25) is 5.02 Å². The van der Waals surface area contributed by atoms with Gasteiger partial charge in [0.05, 0.1) is 5.41 Å². The molecule has 0 amide bonds. The molecule has 0 saturated heterocycles. The second-order valence-electron chi connectivity index (χ2n) is 4.69. The van der Waals surface area contributed by atoms with E-state index in [0.29, 0.717) is 41.3 Å². The summed E-state index contributed by atoms with van der Waals surface area (Å²) in [5.74, 6) is -0.360. The third-order valence-corrected chi connectivity index (χ3v) is 3.93. The van der Waals surface area contributed by atoms with Gasteiger partial charge in [0.2, 0.25) is 0 Å². The number of carboxylic acids is 1. The smallest absolute Gasteiger partial charge is 0.310 e. The van der Waals surface area contributed by atoms with Gasteiger partial charge in [-0.3, -0.25) is 4.79 Å². The molecule has 2 rings (SSSR count). The van der Waals surface area contributed by atoms with E-state index in [4.69, 9.17) is 16.0 Å². The van der Waals surface area contributed by atoms with Gasteiger partial charge < -0.3 is 9.52 Å². The highest BCUT2D eigenvalue weighted by molar-refractivity contribution is 6.31. The van der Waals surface area contributed by atoms with Crippen LogP contribution in [0.25, 0.3) is 11.1 Å². The van der Waals surface area contributed by atoms with Gasteiger partial charge in [0.25, 0.3) is 0 Å². The highest BCUT2D eigenvalue weighted by Crippen LogP contribution is 2.32. The van der Waals surface area contributed by atoms with Crippen LogP contribution in [-0.2, 0) is 11.2 Å². The van der Waals surface area contributed by atoms with Crippen LogP contribution in [0.1, 0.15) is 32.6 Å². The average Bonchev–Trinajstić information content (AvgIpc) is 2.77. The standard InChI is InChI=1S/C14H16ClNO3/c1-3-14(4-2,13(17)18)8-12-16-10-6-5-9(15)7-11(10)19-12/h5-7H,3-4,8H2,1-2H3,(H,17,18). The molecule has 0 fully saturated rings. The van der Waals surface area contributed by atoms with Crippen LogP contribution in [0.4, 0.5) is 0 Å². The number of hydrogen-bond acceptors (Lipinski definition) is 3. The van der Waals surface area contributed by atoms with E-state index in [2.05, 4.69) is 4.98 Å². The Hall–Kier alpha value is -1.55. The van der Waals surface area contributed by atoms with Crippen LogP contribution in [0.5, 0.6) is 0 Å². The molecule has 0 atom stereocenters. The summed E-state index contributed by atoms with van der Waals surface area (Å²) >= 11 is 5.88. The van der Waals surface area contributed by atoms with E-state index in [1.54, 1.807) is 18.2 Å². The summed E-state index contributed by atoms with van der Waals surface area (Å²) in [6, 6.07) is 5.19. The summed E-state index contributed by atoms with van der Waals surface area (Å²) in [6.07, 6.45) is 1.37. The Morgan fingerprint density at radius 3 is 2.68 bits per heavy atom. The fraction of sp³-hybridized carbons (Fsp3) is 0.429. The van der Waals surface area contributed by atoms with Gasteiger partial charge in [0, 0.05) is 17.5 Å². The minimum atomic E-state index is -0.815. The molecule has 5 heteroatoms. The number of hydrogen-bond donors (Lipinski definition) is 1. The van der Waals surface area contributed by atoms with E-state index < -0.39 is 11.4 Å². The zero-order valence-corrected chi connectivity index (χ0v) is 11.7. The maximum atomic E-state index is 11.5. The van der Waals surface area contributed by atoms with Gasteiger partial charge in [-0.05, 0) is 25.0 Å². The van der Waals surface area contributed by atoms with Crippen molar-refractivity contribution in [2.45, 2.75) is 33.1 Å². The molecule has 19 heavy (non-hydrogen) atoms. The van der Waals surface area contributed by atoms with Crippen molar-refractivity contribution >= 4 is 28.7 Å². The summed E-state index contributed by atoms with van der Waals surface area (Å²) in [5, 5.41) is 9.99. The number of rotatable bonds is 5. The Morgan fingerprint density at radius 2 is 2.11 bits per heavy atom. The predicted molar refractivity (Wildman–Crippen MR) is 73.4 cm³/mol. The zero-order chi connectivity index (χ0) is 14.0. The molecule has 1 N–H and O–H groups in total. The first kappa shape index (κ1) is 13.9. The van der Waals surface area contributed by atoms with E-state index in [9.17, 15) is 9.90 Å². The van der Waals surface area contributed by atoms with Gasteiger partial charge in [-0.2, -0.15) is 0 Å². The van der Waals surface area contributed by atoms with Crippen molar-refractivity contribution in [1.82, 2.24) is 4.98 Å². The zero-order valence-electron chi connectivity index (χ0n) is 10.9. The van der Waals surface area contributed by atoms with Crippen molar-refractivity contribution < 1.29 is 14.3 Å². The van der Waals surface area contributed by atoms with Crippen molar-refractivity contribution in [3.8, 4) is 0 Å². The summed E-state index contributed by atoms with van der Waals surface area (Å²) < 4.78 is 5.60. The molecule has 4 nitrogen and oxygen atoms in total. The molecule has 1 heterocycles. The number of halogens is 1. The largest absolute Gasteiger partial charge is 0.481 e. The number of fused-ring (bicyclic) bond motifs is 1. The molecular formula is C14H16ClNO3. The van der Waals surface area contributed by atoms with E-state index in [1.165, 1.54) is 0 Å². The summed E-state index contributed by atoms with van der Waals surface area (Å²) in [6.45, 7) is 3.74. The number of carbonyl (C=O) groups is 1. The lowest BCUT2D eigenvalue weighted by molar-refractivity contribution is -0.149. The molecular weight excluding hydrogens is 266 g/mol. The minimum absolute atomic E-state index is 0.293. The molecule has 102 valence electrons. The highest BCUT2D eigenvalue weighted by Gasteiger charge is 2.36. The van der Waals surface area contributed by atoms with Crippen LogP contribution < -0.4 is 0 Å². The van der Waals surface area contributed by atoms with E-state index in [0.717, 1.165) is 0 Å². The van der Waals surface area contributed by atoms with Crippen molar-refractivity contribution in [1.29, 1.82) is 0 Å². The third-order valence-electron chi connectivity index (χ3n) is 3.69. The van der Waals surface area contributed by atoms with Gasteiger partial charge in [0.15, 0.2) is 11.5 Å². The lowest BCUT2D eigenvalue weighted by atomic mass is 9.79. The van der Waals surface area contributed by atoms with Crippen LogP contribution >= 0.6 is 11.6 Å². The molecule has 0 unspecified atom stereocenters. The molecule has 0 aliphatic carbocycles. The lowest BCUT2D eigenvalue weighted by Crippen LogP contribution is -2.32. The average molecular weight is 282 g/mol. The third kappa shape index (κ3) is 2.59. The number of oxazole rings is 1. The fourth-order valence-corrected chi connectivity index (χ4v) is 2.35. The predicted octanol–water partition coefficient (Wildman–Crippen LogP) is 3.91. The summed E-state index contributed by atoms with van der Waals surface area (Å²) in [7, 11) is 0. The van der Waals surface area contributed by atoms with Gasteiger partial charge >= 0.3 is 5.97 Å². The quantitative estimate of drug-likeness (QED) is 0.902. The molecule has 0 bridgehead atoms. The SMILES string of the molecule is CCC(CC)(Cc1nc2ccc(Cl)cc2o1)C(=O)O. The first-order valence-electron chi connectivity index (χ1n) is 6.29. The Morgan fingerprint density at radius 1 is 1.42 bits per heavy atom. The number of nitrogens with zero attached hydrogens (tertiary/aromatic N) is 1. The van der Waals surface area contributed by atoms with Gasteiger partial charge in [-0.15, -0.1) is 0 Å². The summed E-state index contributed by atoms with van der Waals surface area (Å²) in [4.78, 5) is 15.8. The second-order valence-corrected chi connectivity index (χ2v) is 5.13. The lowest BCUT2D eigenvalue weighted by Gasteiger charge is -2.24. The van der Waals surface area contributed by atoms with Crippen molar-refractivity contribution in [3.63, 3.8) is 0 Å². The fourth-order valence-electron chi connectivity index (χ4n) is 2.19. The minimum Gasteiger partial charge on any atom is -0.481 e. The maximum Gasteiger partial charge on any atom is 0.310 e. The molecule has 1 aromatic carbocycles. The Bertz CT molecular complexity index is 602. The topological polar surface area (TPSA) is 63.3 Å². The molecule has 2 aromatic rings. The summed E-state index contributed by atoms with van der Waals surface area (Å²) in [5.41, 5.74) is 0.477. The number of carboxylic acid groups (broad SMARTS) is 1. The first-order chi connectivity index (χ1) is 9.00. The first-order valence-corrected chi connectivity index (χ1v) is 6.67.